The van der Waals surface area contributed by atoms with Crippen molar-refractivity contribution in [3.05, 3.63) is 29.8 Å². The Bertz CT molecular complexity index is 570. The zero-order chi connectivity index (χ0) is 14.2. The van der Waals surface area contributed by atoms with Crippen molar-refractivity contribution >= 4 is 21.6 Å². The fourth-order valence-corrected chi connectivity index (χ4v) is 5.53. The molecule has 2 fully saturated rings. The van der Waals surface area contributed by atoms with E-state index in [0.717, 1.165) is 24.8 Å². The van der Waals surface area contributed by atoms with Crippen LogP contribution in [0.3, 0.4) is 0 Å². The van der Waals surface area contributed by atoms with Crippen molar-refractivity contribution in [1.29, 1.82) is 0 Å². The Morgan fingerprint density at radius 2 is 1.80 bits per heavy atom. The normalized spacial score (nSPS) is 27.4. The second-order valence-electron chi connectivity index (χ2n) is 5.79. The van der Waals surface area contributed by atoms with Crippen LogP contribution in [0.15, 0.2) is 29.2 Å². The summed E-state index contributed by atoms with van der Waals surface area (Å²) < 4.78 is 27.4. The molecule has 1 aromatic carbocycles. The summed E-state index contributed by atoms with van der Waals surface area (Å²) in [6.07, 6.45) is 5.53. The molecule has 0 aromatic heterocycles. The second-order valence-corrected chi connectivity index (χ2v) is 7.95. The van der Waals surface area contributed by atoms with Gasteiger partial charge in [-0.3, -0.25) is 0 Å². The van der Waals surface area contributed by atoms with Crippen LogP contribution in [-0.4, -0.2) is 25.3 Å². The minimum absolute atomic E-state index is 0.224. The molecule has 0 N–H and O–H groups in total. The van der Waals surface area contributed by atoms with E-state index in [1.807, 2.05) is 0 Å². The zero-order valence-electron chi connectivity index (χ0n) is 11.5. The van der Waals surface area contributed by atoms with Crippen LogP contribution in [0.2, 0.25) is 0 Å². The highest BCUT2D eigenvalue weighted by atomic mass is 35.5. The second kappa shape index (κ2) is 5.66. The van der Waals surface area contributed by atoms with Crippen LogP contribution < -0.4 is 0 Å². The number of piperidine rings is 1. The van der Waals surface area contributed by atoms with Gasteiger partial charge in [0, 0.05) is 18.5 Å². The van der Waals surface area contributed by atoms with Gasteiger partial charge in [-0.1, -0.05) is 18.6 Å². The minimum atomic E-state index is -3.35. The smallest absolute Gasteiger partial charge is 0.207 e. The number of benzene rings is 1. The van der Waals surface area contributed by atoms with Gasteiger partial charge in [-0.2, -0.15) is 4.31 Å². The molecule has 2 aliphatic rings. The van der Waals surface area contributed by atoms with Crippen LogP contribution >= 0.6 is 11.6 Å². The molecule has 110 valence electrons. The summed E-state index contributed by atoms with van der Waals surface area (Å²) in [4.78, 5) is 0.402. The van der Waals surface area contributed by atoms with E-state index in [1.165, 1.54) is 12.8 Å². The van der Waals surface area contributed by atoms with Crippen LogP contribution in [0, 0.1) is 5.92 Å². The summed E-state index contributed by atoms with van der Waals surface area (Å²) in [5.41, 5.74) is 0.947. The Morgan fingerprint density at radius 3 is 2.50 bits per heavy atom. The summed E-state index contributed by atoms with van der Waals surface area (Å²) in [5, 5.41) is 0. The van der Waals surface area contributed by atoms with Crippen molar-refractivity contribution in [2.45, 2.75) is 48.9 Å². The topological polar surface area (TPSA) is 37.4 Å². The number of hydrogen-bond donors (Lipinski definition) is 0. The molecule has 0 amide bonds. The molecule has 1 aliphatic heterocycles. The first-order chi connectivity index (χ1) is 9.63. The highest BCUT2D eigenvalue weighted by molar-refractivity contribution is 7.89. The Kier molecular flexibility index (Phi) is 4.07. The molecule has 0 spiro atoms. The van der Waals surface area contributed by atoms with Gasteiger partial charge in [0.15, 0.2) is 0 Å². The van der Waals surface area contributed by atoms with Crippen molar-refractivity contribution in [2.75, 3.05) is 6.54 Å². The van der Waals surface area contributed by atoms with Crippen molar-refractivity contribution in [3.63, 3.8) is 0 Å². The fraction of sp³-hybridized carbons (Fsp3) is 0.600. The fourth-order valence-electron chi connectivity index (χ4n) is 3.59. The first-order valence-electron chi connectivity index (χ1n) is 7.29. The number of nitrogens with zero attached hydrogens (tertiary/aromatic N) is 1. The van der Waals surface area contributed by atoms with Crippen LogP contribution in [0.5, 0.6) is 0 Å². The molecule has 3 rings (SSSR count). The number of halogens is 1. The van der Waals surface area contributed by atoms with Crippen molar-refractivity contribution in [1.82, 2.24) is 4.31 Å². The van der Waals surface area contributed by atoms with E-state index in [2.05, 4.69) is 0 Å². The molecule has 2 unspecified atom stereocenters. The summed E-state index contributed by atoms with van der Waals surface area (Å²) in [5.74, 6) is 0.981. The maximum absolute atomic E-state index is 12.8. The van der Waals surface area contributed by atoms with Crippen molar-refractivity contribution in [3.8, 4) is 0 Å². The lowest BCUT2D eigenvalue weighted by atomic mass is 9.94. The Labute approximate surface area is 126 Å². The van der Waals surface area contributed by atoms with Crippen molar-refractivity contribution in [2.24, 2.45) is 5.92 Å². The Morgan fingerprint density at radius 1 is 1.10 bits per heavy atom. The molecule has 1 aromatic rings. The van der Waals surface area contributed by atoms with Crippen LogP contribution in [0.1, 0.15) is 37.7 Å². The van der Waals surface area contributed by atoms with Gasteiger partial charge >= 0.3 is 0 Å². The number of alkyl halides is 1. The van der Waals surface area contributed by atoms with Gasteiger partial charge < -0.3 is 0 Å². The third-order valence-electron chi connectivity index (χ3n) is 4.63. The quantitative estimate of drug-likeness (QED) is 0.802. The first-order valence-corrected chi connectivity index (χ1v) is 9.27. The third kappa shape index (κ3) is 2.49. The monoisotopic (exact) mass is 313 g/mol. The lowest BCUT2D eigenvalue weighted by Gasteiger charge is -2.36. The molecule has 1 heterocycles. The van der Waals surface area contributed by atoms with E-state index >= 15 is 0 Å². The van der Waals surface area contributed by atoms with Gasteiger partial charge in [-0.25, -0.2) is 8.42 Å². The Balaban J connectivity index is 1.89. The van der Waals surface area contributed by atoms with E-state index in [0.29, 0.717) is 23.2 Å². The molecular formula is C15H20ClNO2S. The van der Waals surface area contributed by atoms with Crippen LogP contribution in [0.4, 0.5) is 0 Å². The van der Waals surface area contributed by atoms with Gasteiger partial charge in [0.25, 0.3) is 0 Å². The largest absolute Gasteiger partial charge is 0.243 e. The highest BCUT2D eigenvalue weighted by Crippen LogP contribution is 2.39. The molecule has 5 heteroatoms. The molecule has 3 nitrogen and oxygen atoms in total. The lowest BCUT2D eigenvalue weighted by Crippen LogP contribution is -2.46. The van der Waals surface area contributed by atoms with Crippen molar-refractivity contribution < 1.29 is 8.42 Å². The molecule has 1 saturated heterocycles. The van der Waals surface area contributed by atoms with Gasteiger partial charge in [0.1, 0.15) is 0 Å². The molecule has 1 aliphatic carbocycles. The number of sulfonamides is 1. The predicted octanol–water partition coefficient (Wildman–Crippen LogP) is 3.38. The maximum atomic E-state index is 12.8. The number of rotatable bonds is 3. The van der Waals surface area contributed by atoms with E-state index in [-0.39, 0.29) is 6.04 Å². The van der Waals surface area contributed by atoms with Crippen LogP contribution in [0.25, 0.3) is 0 Å². The van der Waals surface area contributed by atoms with Crippen LogP contribution in [-0.2, 0) is 15.9 Å². The number of fused-ring (bicyclic) bond motifs is 1. The summed E-state index contributed by atoms with van der Waals surface area (Å²) >= 11 is 5.76. The Hall–Kier alpha value is -0.580. The predicted molar refractivity (Wildman–Crippen MR) is 80.3 cm³/mol. The summed E-state index contributed by atoms with van der Waals surface area (Å²) in [6.45, 7) is 0.667. The summed E-state index contributed by atoms with van der Waals surface area (Å²) in [6, 6.07) is 7.20. The highest BCUT2D eigenvalue weighted by Gasteiger charge is 2.41. The SMILES string of the molecule is O=S(=O)(c1ccc(CCl)cc1)N1CCCC2CCCC21. The van der Waals surface area contributed by atoms with Gasteiger partial charge in [-0.05, 0) is 49.3 Å². The molecule has 0 radical (unpaired) electrons. The average molecular weight is 314 g/mol. The first kappa shape index (κ1) is 14.4. The maximum Gasteiger partial charge on any atom is 0.243 e. The van der Waals surface area contributed by atoms with E-state index in [1.54, 1.807) is 28.6 Å². The average Bonchev–Trinajstić information content (AvgIpc) is 2.95. The van der Waals surface area contributed by atoms with E-state index in [9.17, 15) is 8.42 Å². The molecular weight excluding hydrogens is 294 g/mol. The van der Waals surface area contributed by atoms with Gasteiger partial charge in [-0.15, -0.1) is 11.6 Å². The lowest BCUT2D eigenvalue weighted by molar-refractivity contribution is 0.202. The zero-order valence-corrected chi connectivity index (χ0v) is 13.0. The van der Waals surface area contributed by atoms with E-state index < -0.39 is 10.0 Å². The standard InChI is InChI=1S/C15H20ClNO2S/c16-11-12-6-8-14(9-7-12)20(18,19)17-10-2-4-13-3-1-5-15(13)17/h6-9,13,15H,1-5,10-11H2. The van der Waals surface area contributed by atoms with E-state index in [4.69, 9.17) is 11.6 Å². The third-order valence-corrected chi connectivity index (χ3v) is 6.87. The number of hydrogen-bond acceptors (Lipinski definition) is 2. The molecule has 1 saturated carbocycles. The minimum Gasteiger partial charge on any atom is -0.207 e. The summed E-state index contributed by atoms with van der Waals surface area (Å²) in [7, 11) is -3.35. The van der Waals surface area contributed by atoms with Gasteiger partial charge in [0.05, 0.1) is 4.90 Å². The molecule has 0 bridgehead atoms. The van der Waals surface area contributed by atoms with Gasteiger partial charge in [0.2, 0.25) is 10.0 Å². The molecule has 2 atom stereocenters. The molecule has 20 heavy (non-hydrogen) atoms.